The second-order valence-electron chi connectivity index (χ2n) is 6.80. The van der Waals surface area contributed by atoms with Gasteiger partial charge in [-0.25, -0.2) is 0 Å². The number of hydrogen-bond donors (Lipinski definition) is 1. The van der Waals surface area contributed by atoms with Crippen molar-refractivity contribution < 1.29 is 14.3 Å². The number of anilines is 2. The molecule has 0 saturated heterocycles. The maximum atomic E-state index is 13.1. The summed E-state index contributed by atoms with van der Waals surface area (Å²) in [4.78, 5) is 31.6. The molecule has 1 N–H and O–H groups in total. The van der Waals surface area contributed by atoms with Gasteiger partial charge >= 0.3 is 0 Å². The maximum Gasteiger partial charge on any atom is 0.274 e. The average Bonchev–Trinajstić information content (AvgIpc) is 2.79. The summed E-state index contributed by atoms with van der Waals surface area (Å²) in [6, 6.07) is 18.1. The van der Waals surface area contributed by atoms with Gasteiger partial charge in [-0.1, -0.05) is 18.2 Å². The van der Waals surface area contributed by atoms with Crippen LogP contribution in [0.15, 0.2) is 66.9 Å². The molecule has 1 aromatic heterocycles. The molecule has 6 nitrogen and oxygen atoms in total. The first-order valence-electron chi connectivity index (χ1n) is 9.47. The minimum absolute atomic E-state index is 0.127. The zero-order chi connectivity index (χ0) is 20.2. The van der Waals surface area contributed by atoms with E-state index in [2.05, 4.69) is 16.4 Å². The van der Waals surface area contributed by atoms with Crippen molar-refractivity contribution in [2.75, 3.05) is 23.9 Å². The third-order valence-electron chi connectivity index (χ3n) is 4.94. The third-order valence-corrected chi connectivity index (χ3v) is 4.94. The number of nitrogens with zero attached hydrogens (tertiary/aromatic N) is 2. The van der Waals surface area contributed by atoms with Gasteiger partial charge in [0.1, 0.15) is 11.4 Å². The monoisotopic (exact) mass is 387 g/mol. The van der Waals surface area contributed by atoms with Crippen molar-refractivity contribution in [3.8, 4) is 5.75 Å². The van der Waals surface area contributed by atoms with Gasteiger partial charge in [0.25, 0.3) is 11.8 Å². The van der Waals surface area contributed by atoms with Gasteiger partial charge in [-0.15, -0.1) is 0 Å². The Hall–Kier alpha value is -3.67. The fourth-order valence-corrected chi connectivity index (χ4v) is 3.46. The number of para-hydroxylation sites is 1. The Morgan fingerprint density at radius 2 is 1.86 bits per heavy atom. The number of rotatable bonds is 4. The Morgan fingerprint density at radius 1 is 1.07 bits per heavy atom. The minimum atomic E-state index is -0.371. The zero-order valence-corrected chi connectivity index (χ0v) is 16.1. The van der Waals surface area contributed by atoms with Crippen LogP contribution in [-0.2, 0) is 6.42 Å². The number of carbonyl (C=O) groups is 2. The van der Waals surface area contributed by atoms with Crippen LogP contribution in [0.3, 0.4) is 0 Å². The average molecular weight is 387 g/mol. The number of carbonyl (C=O) groups excluding carboxylic acids is 2. The van der Waals surface area contributed by atoms with Crippen LogP contribution in [0.5, 0.6) is 5.75 Å². The van der Waals surface area contributed by atoms with Gasteiger partial charge in [-0.2, -0.15) is 0 Å². The van der Waals surface area contributed by atoms with Crippen LogP contribution in [0.1, 0.15) is 32.8 Å². The largest absolute Gasteiger partial charge is 0.497 e. The minimum Gasteiger partial charge on any atom is -0.497 e. The molecule has 2 amide bonds. The number of aromatic nitrogens is 1. The molecule has 0 saturated carbocycles. The molecule has 1 aliphatic heterocycles. The number of hydrogen-bond acceptors (Lipinski definition) is 4. The Bertz CT molecular complexity index is 1050. The molecule has 0 fully saturated rings. The van der Waals surface area contributed by atoms with Gasteiger partial charge < -0.3 is 15.0 Å². The van der Waals surface area contributed by atoms with Crippen LogP contribution in [0.4, 0.5) is 11.4 Å². The molecule has 3 aromatic rings. The van der Waals surface area contributed by atoms with Crippen LogP contribution in [0.2, 0.25) is 0 Å². The maximum absolute atomic E-state index is 13.1. The lowest BCUT2D eigenvalue weighted by Gasteiger charge is -2.29. The molecule has 0 atom stereocenters. The standard InChI is InChI=1S/C23H21N3O3/c1-29-19-10-8-18(9-11-19)25-22(27)20-15-17(12-13-24-20)23(28)26-14-4-6-16-5-2-3-7-21(16)26/h2-3,5,7-13,15H,4,6,14H2,1H3,(H,25,27). The number of aryl methyl sites for hydroxylation is 1. The van der Waals surface area contributed by atoms with Crippen molar-refractivity contribution in [3.63, 3.8) is 0 Å². The summed E-state index contributed by atoms with van der Waals surface area (Å²) in [6.45, 7) is 0.658. The highest BCUT2D eigenvalue weighted by molar-refractivity contribution is 6.09. The fourth-order valence-electron chi connectivity index (χ4n) is 3.46. The smallest absolute Gasteiger partial charge is 0.274 e. The number of fused-ring (bicyclic) bond motifs is 1. The van der Waals surface area contributed by atoms with Crippen LogP contribution in [-0.4, -0.2) is 30.5 Å². The van der Waals surface area contributed by atoms with Crippen LogP contribution >= 0.6 is 0 Å². The van der Waals surface area contributed by atoms with Crippen molar-refractivity contribution in [2.45, 2.75) is 12.8 Å². The fraction of sp³-hybridized carbons (Fsp3) is 0.174. The highest BCUT2D eigenvalue weighted by Crippen LogP contribution is 2.28. The van der Waals surface area contributed by atoms with Crippen molar-refractivity contribution in [3.05, 3.63) is 83.7 Å². The van der Waals surface area contributed by atoms with Gasteiger partial charge in [0, 0.05) is 29.7 Å². The summed E-state index contributed by atoms with van der Waals surface area (Å²) in [6.07, 6.45) is 3.37. The molecule has 0 unspecified atom stereocenters. The van der Waals surface area contributed by atoms with E-state index in [4.69, 9.17) is 4.74 Å². The zero-order valence-electron chi connectivity index (χ0n) is 16.1. The van der Waals surface area contributed by atoms with Crippen molar-refractivity contribution in [1.82, 2.24) is 4.98 Å². The van der Waals surface area contributed by atoms with Gasteiger partial charge in [0.2, 0.25) is 0 Å². The molecule has 146 valence electrons. The SMILES string of the molecule is COc1ccc(NC(=O)c2cc(C(=O)N3CCCc4ccccc43)ccn2)cc1. The predicted molar refractivity (Wildman–Crippen MR) is 112 cm³/mol. The Labute approximate surface area is 169 Å². The number of benzene rings is 2. The van der Waals surface area contributed by atoms with Crippen molar-refractivity contribution in [2.24, 2.45) is 0 Å². The van der Waals surface area contributed by atoms with E-state index in [1.807, 2.05) is 18.2 Å². The molecule has 4 rings (SSSR count). The molecule has 1 aliphatic rings. The molecule has 0 aliphatic carbocycles. The number of ether oxygens (including phenoxy) is 1. The van der Waals surface area contributed by atoms with E-state index in [1.54, 1.807) is 48.4 Å². The quantitative estimate of drug-likeness (QED) is 0.736. The van der Waals surface area contributed by atoms with E-state index in [1.165, 1.54) is 11.8 Å². The Balaban J connectivity index is 1.54. The number of amides is 2. The topological polar surface area (TPSA) is 71.5 Å². The summed E-state index contributed by atoms with van der Waals surface area (Å²) in [5.41, 5.74) is 3.36. The molecule has 0 bridgehead atoms. The first kappa shape index (κ1) is 18.7. The number of pyridine rings is 1. The summed E-state index contributed by atoms with van der Waals surface area (Å²) < 4.78 is 5.12. The lowest BCUT2D eigenvalue weighted by atomic mass is 10.0. The summed E-state index contributed by atoms with van der Waals surface area (Å²) in [7, 11) is 1.58. The number of methoxy groups -OCH3 is 1. The van der Waals surface area contributed by atoms with E-state index in [0.29, 0.717) is 23.5 Å². The van der Waals surface area contributed by atoms with Crippen LogP contribution in [0.25, 0.3) is 0 Å². The molecule has 2 aromatic carbocycles. The van der Waals surface area contributed by atoms with Crippen LogP contribution < -0.4 is 15.0 Å². The van der Waals surface area contributed by atoms with Crippen LogP contribution in [0, 0.1) is 0 Å². The summed E-state index contributed by atoms with van der Waals surface area (Å²) in [5.74, 6) is 0.206. The van der Waals surface area contributed by atoms with E-state index in [9.17, 15) is 9.59 Å². The predicted octanol–water partition coefficient (Wildman–Crippen LogP) is 3.94. The van der Waals surface area contributed by atoms with E-state index >= 15 is 0 Å². The second kappa shape index (κ2) is 8.14. The Kier molecular flexibility index (Phi) is 5.24. The molecule has 29 heavy (non-hydrogen) atoms. The Morgan fingerprint density at radius 3 is 2.66 bits per heavy atom. The summed E-state index contributed by atoms with van der Waals surface area (Å²) in [5, 5.41) is 2.79. The first-order chi connectivity index (χ1) is 14.2. The molecule has 6 heteroatoms. The summed E-state index contributed by atoms with van der Waals surface area (Å²) >= 11 is 0. The first-order valence-corrected chi connectivity index (χ1v) is 9.47. The third kappa shape index (κ3) is 3.96. The van der Waals surface area contributed by atoms with Gasteiger partial charge in [-0.05, 0) is 60.9 Å². The normalized spacial score (nSPS) is 12.8. The molecular formula is C23H21N3O3. The van der Waals surface area contributed by atoms with Gasteiger partial charge in [0.05, 0.1) is 7.11 Å². The highest BCUT2D eigenvalue weighted by atomic mass is 16.5. The van der Waals surface area contributed by atoms with Crippen molar-refractivity contribution in [1.29, 1.82) is 0 Å². The lowest BCUT2D eigenvalue weighted by Crippen LogP contribution is -2.35. The van der Waals surface area contributed by atoms with Gasteiger partial charge in [0.15, 0.2) is 0 Å². The second-order valence-corrected chi connectivity index (χ2v) is 6.80. The molecular weight excluding hydrogens is 366 g/mol. The highest BCUT2D eigenvalue weighted by Gasteiger charge is 2.24. The van der Waals surface area contributed by atoms with Gasteiger partial charge in [-0.3, -0.25) is 14.6 Å². The van der Waals surface area contributed by atoms with E-state index in [0.717, 1.165) is 18.5 Å². The molecule has 0 radical (unpaired) electrons. The van der Waals surface area contributed by atoms with E-state index < -0.39 is 0 Å². The number of nitrogens with one attached hydrogen (secondary N) is 1. The molecule has 2 heterocycles. The lowest BCUT2D eigenvalue weighted by molar-refractivity contribution is 0.0985. The molecule has 0 spiro atoms. The van der Waals surface area contributed by atoms with Crippen molar-refractivity contribution >= 4 is 23.2 Å². The van der Waals surface area contributed by atoms with E-state index in [-0.39, 0.29) is 17.5 Å².